The van der Waals surface area contributed by atoms with Gasteiger partial charge in [-0.2, -0.15) is 0 Å². The van der Waals surface area contributed by atoms with Gasteiger partial charge in [-0.25, -0.2) is 0 Å². The van der Waals surface area contributed by atoms with E-state index in [1.165, 1.54) is 6.42 Å². The minimum absolute atomic E-state index is 0.705. The molecule has 0 aliphatic heterocycles. The van der Waals surface area contributed by atoms with Gasteiger partial charge in [-0.05, 0) is 25.3 Å². The molecule has 0 bridgehead atoms. The van der Waals surface area contributed by atoms with Crippen LogP contribution in [-0.4, -0.2) is 0 Å². The fourth-order valence-electron chi connectivity index (χ4n) is 0.835. The fraction of sp³-hybridized carbons (Fsp3) is 0.600. The van der Waals surface area contributed by atoms with Crippen LogP contribution in [0.3, 0.4) is 0 Å². The highest BCUT2D eigenvalue weighted by Gasteiger charge is 1.98. The summed E-state index contributed by atoms with van der Waals surface area (Å²) in [7, 11) is 0. The van der Waals surface area contributed by atoms with Gasteiger partial charge in [0.05, 0.1) is 0 Å². The quantitative estimate of drug-likeness (QED) is 0.617. The van der Waals surface area contributed by atoms with E-state index in [1.807, 2.05) is 25.2 Å². The average Bonchev–Trinajstić information content (AvgIpc) is 2.00. The maximum absolute atomic E-state index is 5.75. The SMILES string of the molecule is C/C=C\C=C(/N)CC(C)CC. The molecule has 0 spiro atoms. The Bertz CT molecular complexity index is 145. The van der Waals surface area contributed by atoms with E-state index in [9.17, 15) is 0 Å². The summed E-state index contributed by atoms with van der Waals surface area (Å²) >= 11 is 0. The van der Waals surface area contributed by atoms with E-state index in [0.29, 0.717) is 5.92 Å². The predicted octanol–water partition coefficient (Wildman–Crippen LogP) is 2.84. The van der Waals surface area contributed by atoms with Gasteiger partial charge in [0, 0.05) is 5.70 Å². The van der Waals surface area contributed by atoms with Gasteiger partial charge >= 0.3 is 0 Å². The monoisotopic (exact) mass is 153 g/mol. The van der Waals surface area contributed by atoms with Crippen LogP contribution in [0.2, 0.25) is 0 Å². The molecule has 0 heterocycles. The van der Waals surface area contributed by atoms with Gasteiger partial charge in [0.15, 0.2) is 0 Å². The van der Waals surface area contributed by atoms with Crippen molar-refractivity contribution in [3.05, 3.63) is 23.9 Å². The van der Waals surface area contributed by atoms with Crippen molar-refractivity contribution in [1.82, 2.24) is 0 Å². The van der Waals surface area contributed by atoms with Crippen molar-refractivity contribution in [2.24, 2.45) is 11.7 Å². The Balaban J connectivity index is 3.75. The summed E-state index contributed by atoms with van der Waals surface area (Å²) in [6.07, 6.45) is 8.17. The second-order valence-electron chi connectivity index (χ2n) is 2.98. The van der Waals surface area contributed by atoms with Crippen LogP contribution < -0.4 is 5.73 Å². The van der Waals surface area contributed by atoms with Crippen LogP contribution >= 0.6 is 0 Å². The molecule has 2 N–H and O–H groups in total. The second kappa shape index (κ2) is 6.02. The standard InChI is InChI=1S/C10H19N/c1-4-6-7-10(11)8-9(3)5-2/h4,6-7,9H,5,8,11H2,1-3H3/b6-4-,10-7-. The smallest absolute Gasteiger partial charge is 0.00830 e. The van der Waals surface area contributed by atoms with E-state index in [0.717, 1.165) is 12.1 Å². The number of rotatable bonds is 4. The normalized spacial score (nSPS) is 15.7. The molecule has 64 valence electrons. The molecule has 0 aromatic carbocycles. The average molecular weight is 153 g/mol. The van der Waals surface area contributed by atoms with E-state index in [1.54, 1.807) is 0 Å². The molecule has 0 rings (SSSR count). The highest BCUT2D eigenvalue weighted by Crippen LogP contribution is 2.10. The lowest BCUT2D eigenvalue weighted by Crippen LogP contribution is -2.02. The molecule has 0 saturated heterocycles. The second-order valence-corrected chi connectivity index (χ2v) is 2.98. The van der Waals surface area contributed by atoms with E-state index in [-0.39, 0.29) is 0 Å². The van der Waals surface area contributed by atoms with Gasteiger partial charge in [0.1, 0.15) is 0 Å². The minimum atomic E-state index is 0.705. The third-order valence-corrected chi connectivity index (χ3v) is 1.78. The Labute approximate surface area is 70.0 Å². The molecule has 11 heavy (non-hydrogen) atoms. The van der Waals surface area contributed by atoms with E-state index in [4.69, 9.17) is 5.73 Å². The van der Waals surface area contributed by atoms with Crippen molar-refractivity contribution in [1.29, 1.82) is 0 Å². The Morgan fingerprint density at radius 3 is 2.64 bits per heavy atom. The van der Waals surface area contributed by atoms with Gasteiger partial charge in [-0.1, -0.05) is 32.4 Å². The summed E-state index contributed by atoms with van der Waals surface area (Å²) in [6, 6.07) is 0. The highest BCUT2D eigenvalue weighted by molar-refractivity contribution is 5.09. The molecule has 0 saturated carbocycles. The third kappa shape index (κ3) is 5.71. The minimum Gasteiger partial charge on any atom is -0.402 e. The lowest BCUT2D eigenvalue weighted by Gasteiger charge is -2.06. The van der Waals surface area contributed by atoms with Crippen molar-refractivity contribution in [2.45, 2.75) is 33.6 Å². The lowest BCUT2D eigenvalue weighted by molar-refractivity contribution is 0.554. The first kappa shape index (κ1) is 10.3. The molecule has 1 nitrogen and oxygen atoms in total. The maximum Gasteiger partial charge on any atom is 0.00830 e. The van der Waals surface area contributed by atoms with Crippen molar-refractivity contribution in [2.75, 3.05) is 0 Å². The summed E-state index contributed by atoms with van der Waals surface area (Å²) in [5.41, 5.74) is 6.73. The predicted molar refractivity (Wildman–Crippen MR) is 51.2 cm³/mol. The van der Waals surface area contributed by atoms with Gasteiger partial charge in [0.2, 0.25) is 0 Å². The zero-order valence-corrected chi connectivity index (χ0v) is 7.80. The van der Waals surface area contributed by atoms with Crippen molar-refractivity contribution in [3.63, 3.8) is 0 Å². The molecule has 1 heteroatoms. The van der Waals surface area contributed by atoms with E-state index >= 15 is 0 Å². The zero-order chi connectivity index (χ0) is 8.69. The summed E-state index contributed by atoms with van der Waals surface area (Å²) in [5.74, 6) is 0.705. The van der Waals surface area contributed by atoms with Crippen LogP contribution in [0, 0.1) is 5.92 Å². The van der Waals surface area contributed by atoms with E-state index in [2.05, 4.69) is 13.8 Å². The Hall–Kier alpha value is -0.720. The highest BCUT2D eigenvalue weighted by atomic mass is 14.6. The summed E-state index contributed by atoms with van der Waals surface area (Å²) in [5, 5.41) is 0. The molecular weight excluding hydrogens is 134 g/mol. The van der Waals surface area contributed by atoms with Gasteiger partial charge < -0.3 is 5.73 Å². The molecule has 0 radical (unpaired) electrons. The zero-order valence-electron chi connectivity index (χ0n) is 7.80. The first-order valence-corrected chi connectivity index (χ1v) is 4.28. The van der Waals surface area contributed by atoms with Crippen LogP contribution in [0.1, 0.15) is 33.6 Å². The summed E-state index contributed by atoms with van der Waals surface area (Å²) in [4.78, 5) is 0. The summed E-state index contributed by atoms with van der Waals surface area (Å²) < 4.78 is 0. The molecule has 0 aromatic heterocycles. The van der Waals surface area contributed by atoms with Gasteiger partial charge in [-0.3, -0.25) is 0 Å². The van der Waals surface area contributed by atoms with Crippen LogP contribution in [0.25, 0.3) is 0 Å². The lowest BCUT2D eigenvalue weighted by atomic mass is 10.0. The molecule has 1 atom stereocenters. The third-order valence-electron chi connectivity index (χ3n) is 1.78. The van der Waals surface area contributed by atoms with Gasteiger partial charge in [-0.15, -0.1) is 0 Å². The fourth-order valence-corrected chi connectivity index (χ4v) is 0.835. The Morgan fingerprint density at radius 2 is 2.18 bits per heavy atom. The number of hydrogen-bond donors (Lipinski definition) is 1. The molecule has 0 fully saturated rings. The number of allylic oxidation sites excluding steroid dienone is 4. The maximum atomic E-state index is 5.75. The molecule has 0 aliphatic carbocycles. The van der Waals surface area contributed by atoms with E-state index < -0.39 is 0 Å². The Morgan fingerprint density at radius 1 is 1.55 bits per heavy atom. The molecule has 1 unspecified atom stereocenters. The van der Waals surface area contributed by atoms with Crippen molar-refractivity contribution >= 4 is 0 Å². The van der Waals surface area contributed by atoms with Crippen LogP contribution in [0.5, 0.6) is 0 Å². The molecule has 0 aliphatic rings. The van der Waals surface area contributed by atoms with Crippen LogP contribution in [0.4, 0.5) is 0 Å². The molecular formula is C10H19N. The van der Waals surface area contributed by atoms with Crippen LogP contribution in [0.15, 0.2) is 23.9 Å². The molecule has 0 amide bonds. The first-order valence-electron chi connectivity index (χ1n) is 4.28. The topological polar surface area (TPSA) is 26.0 Å². The molecule has 0 aromatic rings. The number of nitrogens with two attached hydrogens (primary N) is 1. The Kier molecular flexibility index (Phi) is 5.63. The van der Waals surface area contributed by atoms with Crippen LogP contribution in [-0.2, 0) is 0 Å². The first-order chi connectivity index (χ1) is 5.20. The summed E-state index contributed by atoms with van der Waals surface area (Å²) in [6.45, 7) is 6.40. The van der Waals surface area contributed by atoms with Crippen molar-refractivity contribution in [3.8, 4) is 0 Å². The van der Waals surface area contributed by atoms with Gasteiger partial charge in [0.25, 0.3) is 0 Å². The van der Waals surface area contributed by atoms with Crippen molar-refractivity contribution < 1.29 is 0 Å². The number of hydrogen-bond acceptors (Lipinski definition) is 1. The largest absolute Gasteiger partial charge is 0.402 e.